The second-order valence-corrected chi connectivity index (χ2v) is 6.52. The lowest BCUT2D eigenvalue weighted by Gasteiger charge is -2.35. The summed E-state index contributed by atoms with van der Waals surface area (Å²) in [6.45, 7) is 5.02. The van der Waals surface area contributed by atoms with Gasteiger partial charge in [-0.25, -0.2) is 0 Å². The number of fused-ring (bicyclic) bond motifs is 3. The summed E-state index contributed by atoms with van der Waals surface area (Å²) in [5, 5.41) is 0. The van der Waals surface area contributed by atoms with Crippen molar-refractivity contribution in [3.63, 3.8) is 0 Å². The van der Waals surface area contributed by atoms with E-state index in [4.69, 9.17) is 0 Å². The average Bonchev–Trinajstić information content (AvgIpc) is 2.75. The van der Waals surface area contributed by atoms with Gasteiger partial charge in [-0.3, -0.25) is 9.80 Å². The molecule has 2 heteroatoms. The molecule has 0 aromatic carbocycles. The van der Waals surface area contributed by atoms with Gasteiger partial charge in [0, 0.05) is 12.1 Å². The van der Waals surface area contributed by atoms with Crippen molar-refractivity contribution in [2.24, 2.45) is 0 Å². The van der Waals surface area contributed by atoms with E-state index in [1.54, 1.807) is 0 Å². The minimum atomic E-state index is 0.804. The maximum atomic E-state index is 2.89. The van der Waals surface area contributed by atoms with Crippen molar-refractivity contribution in [2.45, 2.75) is 89.4 Å². The Bertz CT molecular complexity index is 250. The summed E-state index contributed by atoms with van der Waals surface area (Å²) in [7, 11) is 0. The molecule has 3 rings (SSSR count). The molecule has 2 heterocycles. The molecule has 0 amide bonds. The molecule has 3 aliphatic rings. The summed E-state index contributed by atoms with van der Waals surface area (Å²) in [6.07, 6.45) is 15.4. The molecule has 0 aromatic rings. The highest BCUT2D eigenvalue weighted by Gasteiger charge is 2.45. The van der Waals surface area contributed by atoms with Crippen LogP contribution in [-0.2, 0) is 0 Å². The largest absolute Gasteiger partial charge is 0.284 e. The third-order valence-corrected chi connectivity index (χ3v) is 5.56. The van der Waals surface area contributed by atoms with Crippen LogP contribution in [0.3, 0.4) is 0 Å². The minimum absolute atomic E-state index is 0.804. The van der Waals surface area contributed by atoms with Gasteiger partial charge in [-0.05, 0) is 45.2 Å². The zero-order valence-electron chi connectivity index (χ0n) is 12.1. The van der Waals surface area contributed by atoms with E-state index in [1.807, 2.05) is 0 Å². The van der Waals surface area contributed by atoms with E-state index in [9.17, 15) is 0 Å². The molecule has 1 saturated carbocycles. The Morgan fingerprint density at radius 1 is 0.778 bits per heavy atom. The first-order valence-electron chi connectivity index (χ1n) is 8.43. The Morgan fingerprint density at radius 2 is 1.44 bits per heavy atom. The number of likely N-dealkylation sites (N-methyl/N-ethyl adjacent to an activating group) is 1. The van der Waals surface area contributed by atoms with Gasteiger partial charge in [0.2, 0.25) is 0 Å². The van der Waals surface area contributed by atoms with Crippen molar-refractivity contribution in [1.29, 1.82) is 0 Å². The second kappa shape index (κ2) is 5.92. The van der Waals surface area contributed by atoms with Crippen LogP contribution in [-0.4, -0.2) is 41.1 Å². The standard InChI is InChI=1S/C16H30N2/c1-2-17-14-10-6-4-3-5-7-11-15(14)18-13-9-8-12-16(17)18/h14-16H,2-13H2,1H3. The fourth-order valence-electron chi connectivity index (χ4n) is 4.74. The smallest absolute Gasteiger partial charge is 0.0628 e. The molecular weight excluding hydrogens is 220 g/mol. The van der Waals surface area contributed by atoms with Crippen LogP contribution in [0.25, 0.3) is 0 Å². The lowest BCUT2D eigenvalue weighted by Crippen LogP contribution is -2.44. The molecule has 2 saturated heterocycles. The van der Waals surface area contributed by atoms with Crippen molar-refractivity contribution in [3.8, 4) is 0 Å². The predicted molar refractivity (Wildman–Crippen MR) is 76.6 cm³/mol. The van der Waals surface area contributed by atoms with E-state index >= 15 is 0 Å². The monoisotopic (exact) mass is 250 g/mol. The van der Waals surface area contributed by atoms with Gasteiger partial charge in [0.1, 0.15) is 0 Å². The molecule has 3 fully saturated rings. The van der Waals surface area contributed by atoms with Crippen molar-refractivity contribution in [1.82, 2.24) is 9.80 Å². The molecule has 0 radical (unpaired) electrons. The fourth-order valence-corrected chi connectivity index (χ4v) is 4.74. The van der Waals surface area contributed by atoms with Gasteiger partial charge in [0.15, 0.2) is 0 Å². The summed E-state index contributed by atoms with van der Waals surface area (Å²) in [5.74, 6) is 0. The summed E-state index contributed by atoms with van der Waals surface area (Å²) in [5.41, 5.74) is 0. The van der Waals surface area contributed by atoms with Crippen molar-refractivity contribution in [3.05, 3.63) is 0 Å². The predicted octanol–water partition coefficient (Wildman–Crippen LogP) is 3.62. The maximum absolute atomic E-state index is 2.89. The molecule has 104 valence electrons. The van der Waals surface area contributed by atoms with Crippen LogP contribution in [0.5, 0.6) is 0 Å². The van der Waals surface area contributed by atoms with Crippen LogP contribution < -0.4 is 0 Å². The van der Waals surface area contributed by atoms with Gasteiger partial charge in [0.05, 0.1) is 6.17 Å². The van der Waals surface area contributed by atoms with Gasteiger partial charge < -0.3 is 0 Å². The van der Waals surface area contributed by atoms with Crippen LogP contribution >= 0.6 is 0 Å². The Labute approximate surface area is 113 Å². The van der Waals surface area contributed by atoms with Gasteiger partial charge in [-0.1, -0.05) is 39.0 Å². The highest BCUT2D eigenvalue weighted by Crippen LogP contribution is 2.38. The lowest BCUT2D eigenvalue weighted by atomic mass is 9.98. The number of nitrogens with zero attached hydrogens (tertiary/aromatic N) is 2. The number of rotatable bonds is 1. The second-order valence-electron chi connectivity index (χ2n) is 6.52. The highest BCUT2D eigenvalue weighted by molar-refractivity contribution is 4.99. The van der Waals surface area contributed by atoms with E-state index in [0.29, 0.717) is 0 Å². The lowest BCUT2D eigenvalue weighted by molar-refractivity contribution is 0.0785. The summed E-state index contributed by atoms with van der Waals surface area (Å²) in [6, 6.07) is 1.78. The zero-order valence-corrected chi connectivity index (χ0v) is 12.1. The minimum Gasteiger partial charge on any atom is -0.284 e. The summed E-state index contributed by atoms with van der Waals surface area (Å²) in [4.78, 5) is 5.75. The Morgan fingerprint density at radius 3 is 2.22 bits per heavy atom. The molecule has 3 unspecified atom stereocenters. The Hall–Kier alpha value is -0.0800. The van der Waals surface area contributed by atoms with Gasteiger partial charge >= 0.3 is 0 Å². The van der Waals surface area contributed by atoms with Gasteiger partial charge in [0.25, 0.3) is 0 Å². The Kier molecular flexibility index (Phi) is 4.25. The van der Waals surface area contributed by atoms with Gasteiger partial charge in [-0.2, -0.15) is 0 Å². The molecule has 2 nitrogen and oxygen atoms in total. The van der Waals surface area contributed by atoms with E-state index in [1.165, 1.54) is 77.3 Å². The van der Waals surface area contributed by atoms with Gasteiger partial charge in [-0.15, -0.1) is 0 Å². The quantitative estimate of drug-likeness (QED) is 0.701. The molecular formula is C16H30N2. The normalized spacial score (nSPS) is 39.5. The molecule has 18 heavy (non-hydrogen) atoms. The molecule has 0 aromatic heterocycles. The maximum Gasteiger partial charge on any atom is 0.0628 e. The fraction of sp³-hybridized carbons (Fsp3) is 1.00. The van der Waals surface area contributed by atoms with E-state index in [2.05, 4.69) is 16.7 Å². The number of hydrogen-bond donors (Lipinski definition) is 0. The number of piperidine rings is 1. The molecule has 3 atom stereocenters. The average molecular weight is 250 g/mol. The summed E-state index contributed by atoms with van der Waals surface area (Å²) >= 11 is 0. The van der Waals surface area contributed by atoms with E-state index in [-0.39, 0.29) is 0 Å². The SMILES string of the molecule is CCN1C2CCCCCCCC2N2CCCCC12. The molecule has 2 aliphatic heterocycles. The van der Waals surface area contributed by atoms with Crippen molar-refractivity contribution < 1.29 is 0 Å². The highest BCUT2D eigenvalue weighted by atomic mass is 15.5. The van der Waals surface area contributed by atoms with Crippen molar-refractivity contribution >= 4 is 0 Å². The van der Waals surface area contributed by atoms with Crippen molar-refractivity contribution in [2.75, 3.05) is 13.1 Å². The molecule has 0 bridgehead atoms. The first kappa shape index (κ1) is 12.9. The third kappa shape index (κ3) is 2.34. The Balaban J connectivity index is 1.78. The van der Waals surface area contributed by atoms with Crippen LogP contribution in [0, 0.1) is 0 Å². The first-order chi connectivity index (χ1) is 8.92. The van der Waals surface area contributed by atoms with E-state index < -0.39 is 0 Å². The molecule has 1 aliphatic carbocycles. The number of hydrogen-bond acceptors (Lipinski definition) is 2. The molecule has 0 spiro atoms. The first-order valence-corrected chi connectivity index (χ1v) is 8.43. The van der Waals surface area contributed by atoms with Crippen LogP contribution in [0.15, 0.2) is 0 Å². The van der Waals surface area contributed by atoms with Crippen LogP contribution in [0.4, 0.5) is 0 Å². The zero-order chi connectivity index (χ0) is 12.4. The summed E-state index contributed by atoms with van der Waals surface area (Å²) < 4.78 is 0. The van der Waals surface area contributed by atoms with Crippen LogP contribution in [0.2, 0.25) is 0 Å². The topological polar surface area (TPSA) is 6.48 Å². The van der Waals surface area contributed by atoms with Crippen LogP contribution in [0.1, 0.15) is 71.1 Å². The van der Waals surface area contributed by atoms with E-state index in [0.717, 1.165) is 18.2 Å². The third-order valence-electron chi connectivity index (χ3n) is 5.56. The molecule has 0 N–H and O–H groups in total.